The van der Waals surface area contributed by atoms with Gasteiger partial charge in [0.25, 0.3) is 0 Å². The van der Waals surface area contributed by atoms with Crippen LogP contribution in [0.2, 0.25) is 0 Å². The largest absolute Gasteiger partial charge is 0.313 e. The Labute approximate surface area is 129 Å². The van der Waals surface area contributed by atoms with Gasteiger partial charge in [-0.05, 0) is 45.3 Å². The Morgan fingerprint density at radius 2 is 2.19 bits per heavy atom. The van der Waals surface area contributed by atoms with Gasteiger partial charge < -0.3 is 10.2 Å². The Hall–Kier alpha value is -0.900. The van der Waals surface area contributed by atoms with Crippen LogP contribution in [0.15, 0.2) is 24.3 Å². The molecular weight excluding hydrogens is 258 g/mol. The lowest BCUT2D eigenvalue weighted by Crippen LogP contribution is -2.50. The summed E-state index contributed by atoms with van der Waals surface area (Å²) in [5, 5.41) is 3.49. The van der Waals surface area contributed by atoms with Gasteiger partial charge in [-0.15, -0.1) is 0 Å². The third-order valence-corrected chi connectivity index (χ3v) is 5.20. The van der Waals surface area contributed by atoms with Gasteiger partial charge in [-0.1, -0.05) is 29.8 Å². The zero-order valence-corrected chi connectivity index (χ0v) is 13.5. The van der Waals surface area contributed by atoms with Gasteiger partial charge >= 0.3 is 0 Å². The van der Waals surface area contributed by atoms with Crippen molar-refractivity contribution in [1.82, 2.24) is 15.1 Å². The van der Waals surface area contributed by atoms with Crippen LogP contribution in [0.4, 0.5) is 0 Å². The summed E-state index contributed by atoms with van der Waals surface area (Å²) < 4.78 is 0. The molecule has 2 fully saturated rings. The molecule has 0 aliphatic carbocycles. The average Bonchev–Trinajstić information content (AvgIpc) is 2.95. The van der Waals surface area contributed by atoms with Gasteiger partial charge in [0.1, 0.15) is 0 Å². The number of hydrogen-bond acceptors (Lipinski definition) is 3. The summed E-state index contributed by atoms with van der Waals surface area (Å²) in [7, 11) is 2.09. The number of fused-ring (bicyclic) bond motifs is 1. The molecule has 0 bridgehead atoms. The van der Waals surface area contributed by atoms with Crippen LogP contribution in [0.1, 0.15) is 36.4 Å². The van der Waals surface area contributed by atoms with Crippen molar-refractivity contribution >= 4 is 0 Å². The predicted octanol–water partition coefficient (Wildman–Crippen LogP) is 2.43. The monoisotopic (exact) mass is 287 g/mol. The van der Waals surface area contributed by atoms with Crippen LogP contribution < -0.4 is 5.32 Å². The number of aryl methyl sites for hydroxylation is 1. The SMILES string of the molecule is CNC(CCN1CCN2CCCC2C1)c1cccc(C)c1. The van der Waals surface area contributed by atoms with Crippen LogP contribution in [0.3, 0.4) is 0 Å². The number of benzene rings is 1. The van der Waals surface area contributed by atoms with Gasteiger partial charge in [-0.3, -0.25) is 4.90 Å². The summed E-state index contributed by atoms with van der Waals surface area (Å²) in [5.74, 6) is 0. The fourth-order valence-corrected chi connectivity index (χ4v) is 3.93. The molecule has 0 amide bonds. The summed E-state index contributed by atoms with van der Waals surface area (Å²) in [6.45, 7) is 8.53. The van der Waals surface area contributed by atoms with Crippen LogP contribution in [-0.4, -0.2) is 55.6 Å². The molecule has 2 aliphatic heterocycles. The van der Waals surface area contributed by atoms with Crippen LogP contribution in [0.5, 0.6) is 0 Å². The highest BCUT2D eigenvalue weighted by molar-refractivity contribution is 5.25. The summed E-state index contributed by atoms with van der Waals surface area (Å²) >= 11 is 0. The molecule has 3 rings (SSSR count). The molecule has 21 heavy (non-hydrogen) atoms. The van der Waals surface area contributed by atoms with Crippen LogP contribution >= 0.6 is 0 Å². The first-order valence-electron chi connectivity index (χ1n) is 8.46. The highest BCUT2D eigenvalue weighted by atomic mass is 15.3. The number of nitrogens with zero attached hydrogens (tertiary/aromatic N) is 2. The lowest BCUT2D eigenvalue weighted by atomic mass is 10.0. The van der Waals surface area contributed by atoms with Crippen molar-refractivity contribution in [3.63, 3.8) is 0 Å². The Kier molecular flexibility index (Phi) is 4.94. The first-order valence-corrected chi connectivity index (χ1v) is 8.46. The van der Waals surface area contributed by atoms with E-state index in [-0.39, 0.29) is 0 Å². The molecule has 1 aromatic rings. The van der Waals surface area contributed by atoms with Crippen LogP contribution in [-0.2, 0) is 0 Å². The second kappa shape index (κ2) is 6.91. The van der Waals surface area contributed by atoms with E-state index in [1.54, 1.807) is 0 Å². The van der Waals surface area contributed by atoms with Gasteiger partial charge in [0.05, 0.1) is 0 Å². The molecule has 0 saturated carbocycles. The Morgan fingerprint density at radius 3 is 3.00 bits per heavy atom. The fourth-order valence-electron chi connectivity index (χ4n) is 3.93. The van der Waals surface area contributed by atoms with Gasteiger partial charge in [-0.2, -0.15) is 0 Å². The highest BCUT2D eigenvalue weighted by Crippen LogP contribution is 2.23. The van der Waals surface area contributed by atoms with Gasteiger partial charge in [0.15, 0.2) is 0 Å². The first-order chi connectivity index (χ1) is 10.3. The second-order valence-electron chi connectivity index (χ2n) is 6.68. The number of piperazine rings is 1. The van der Waals surface area contributed by atoms with E-state index < -0.39 is 0 Å². The van der Waals surface area contributed by atoms with E-state index in [2.05, 4.69) is 53.4 Å². The van der Waals surface area contributed by atoms with Crippen molar-refractivity contribution in [3.8, 4) is 0 Å². The van der Waals surface area contributed by atoms with Crippen molar-refractivity contribution in [1.29, 1.82) is 0 Å². The molecule has 2 aliphatic rings. The number of rotatable bonds is 5. The standard InChI is InChI=1S/C18H29N3/c1-15-5-3-6-16(13-15)18(19-2)8-10-20-11-12-21-9-4-7-17(21)14-20/h3,5-6,13,17-19H,4,7-12,14H2,1-2H3. The molecule has 1 N–H and O–H groups in total. The summed E-state index contributed by atoms with van der Waals surface area (Å²) in [4.78, 5) is 5.36. The highest BCUT2D eigenvalue weighted by Gasteiger charge is 2.30. The maximum absolute atomic E-state index is 3.49. The maximum atomic E-state index is 3.49. The molecule has 2 unspecified atom stereocenters. The minimum Gasteiger partial charge on any atom is -0.313 e. The predicted molar refractivity (Wildman–Crippen MR) is 88.6 cm³/mol. The van der Waals surface area contributed by atoms with Gasteiger partial charge in [0, 0.05) is 38.3 Å². The zero-order valence-electron chi connectivity index (χ0n) is 13.5. The molecule has 1 aromatic carbocycles. The second-order valence-corrected chi connectivity index (χ2v) is 6.68. The Balaban J connectivity index is 1.53. The molecular formula is C18H29N3. The van der Waals surface area contributed by atoms with Crippen LogP contribution in [0, 0.1) is 6.92 Å². The number of nitrogens with one attached hydrogen (secondary N) is 1. The zero-order chi connectivity index (χ0) is 14.7. The fraction of sp³-hybridized carbons (Fsp3) is 0.667. The Bertz CT molecular complexity index is 460. The molecule has 2 heterocycles. The van der Waals surface area contributed by atoms with Gasteiger partial charge in [0.2, 0.25) is 0 Å². The summed E-state index contributed by atoms with van der Waals surface area (Å²) in [6, 6.07) is 10.2. The molecule has 2 saturated heterocycles. The molecule has 0 aromatic heterocycles. The van der Waals surface area contributed by atoms with Crippen molar-refractivity contribution in [3.05, 3.63) is 35.4 Å². The van der Waals surface area contributed by atoms with Crippen molar-refractivity contribution in [2.45, 2.75) is 38.3 Å². The molecule has 2 atom stereocenters. The molecule has 0 spiro atoms. The third kappa shape index (κ3) is 3.65. The smallest absolute Gasteiger partial charge is 0.0329 e. The molecule has 3 nitrogen and oxygen atoms in total. The first kappa shape index (κ1) is 15.0. The van der Waals surface area contributed by atoms with Crippen molar-refractivity contribution in [2.24, 2.45) is 0 Å². The molecule has 3 heteroatoms. The maximum Gasteiger partial charge on any atom is 0.0329 e. The van der Waals surface area contributed by atoms with Crippen LogP contribution in [0.25, 0.3) is 0 Å². The lowest BCUT2D eigenvalue weighted by molar-refractivity contribution is 0.101. The molecule has 0 radical (unpaired) electrons. The van der Waals surface area contributed by atoms with Gasteiger partial charge in [-0.25, -0.2) is 0 Å². The van der Waals surface area contributed by atoms with E-state index in [1.165, 1.54) is 63.1 Å². The Morgan fingerprint density at radius 1 is 1.29 bits per heavy atom. The summed E-state index contributed by atoms with van der Waals surface area (Å²) in [5.41, 5.74) is 2.78. The van der Waals surface area contributed by atoms with E-state index in [0.717, 1.165) is 6.04 Å². The van der Waals surface area contributed by atoms with Crippen molar-refractivity contribution in [2.75, 3.05) is 39.8 Å². The van der Waals surface area contributed by atoms with E-state index in [4.69, 9.17) is 0 Å². The minimum absolute atomic E-state index is 0.478. The van der Waals surface area contributed by atoms with E-state index in [9.17, 15) is 0 Å². The topological polar surface area (TPSA) is 18.5 Å². The minimum atomic E-state index is 0.478. The number of hydrogen-bond donors (Lipinski definition) is 1. The normalized spacial score (nSPS) is 25.0. The van der Waals surface area contributed by atoms with E-state index in [0.29, 0.717) is 6.04 Å². The quantitative estimate of drug-likeness (QED) is 0.897. The summed E-state index contributed by atoms with van der Waals surface area (Å²) in [6.07, 6.45) is 4.01. The third-order valence-electron chi connectivity index (χ3n) is 5.20. The van der Waals surface area contributed by atoms with E-state index in [1.807, 2.05) is 0 Å². The lowest BCUT2D eigenvalue weighted by Gasteiger charge is -2.38. The average molecular weight is 287 g/mol. The van der Waals surface area contributed by atoms with E-state index >= 15 is 0 Å². The van der Waals surface area contributed by atoms with Crippen molar-refractivity contribution < 1.29 is 0 Å². The molecule has 116 valence electrons.